The number of thiazole rings is 1. The van der Waals surface area contributed by atoms with E-state index in [2.05, 4.69) is 12.2 Å². The van der Waals surface area contributed by atoms with E-state index >= 15 is 0 Å². The average molecular weight is 370 g/mol. The topological polar surface area (TPSA) is 60.3 Å². The van der Waals surface area contributed by atoms with Gasteiger partial charge in [0.2, 0.25) is 0 Å². The molecule has 3 aromatic rings. The zero-order valence-electron chi connectivity index (χ0n) is 15.1. The van der Waals surface area contributed by atoms with Crippen molar-refractivity contribution in [3.05, 3.63) is 57.7 Å². The quantitative estimate of drug-likeness (QED) is 0.712. The van der Waals surface area contributed by atoms with Gasteiger partial charge >= 0.3 is 4.87 Å². The summed E-state index contributed by atoms with van der Waals surface area (Å²) in [6.45, 7) is 6.35. The second-order valence-corrected chi connectivity index (χ2v) is 7.00. The Morgan fingerprint density at radius 1 is 1.23 bits per heavy atom. The Bertz CT molecular complexity index is 990. The maximum absolute atomic E-state index is 12.5. The van der Waals surface area contributed by atoms with E-state index in [4.69, 9.17) is 4.74 Å². The lowest BCUT2D eigenvalue weighted by Gasteiger charge is -2.17. The van der Waals surface area contributed by atoms with Crippen LogP contribution in [0.15, 0.2) is 47.3 Å². The third kappa shape index (κ3) is 3.65. The molecule has 6 heteroatoms. The molecular weight excluding hydrogens is 348 g/mol. The number of rotatable bonds is 6. The van der Waals surface area contributed by atoms with Crippen molar-refractivity contribution in [2.75, 3.05) is 5.32 Å². The number of benzene rings is 2. The molecule has 0 aliphatic rings. The van der Waals surface area contributed by atoms with Crippen molar-refractivity contribution < 1.29 is 9.53 Å². The lowest BCUT2D eigenvalue weighted by Crippen LogP contribution is -2.30. The van der Waals surface area contributed by atoms with Gasteiger partial charge in [-0.15, -0.1) is 0 Å². The molecule has 1 amide bonds. The van der Waals surface area contributed by atoms with Gasteiger partial charge in [-0.05, 0) is 50.1 Å². The normalized spacial score (nSPS) is 12.1. The zero-order chi connectivity index (χ0) is 18.7. The zero-order valence-corrected chi connectivity index (χ0v) is 15.9. The number of para-hydroxylation sites is 1. The molecule has 0 saturated heterocycles. The van der Waals surface area contributed by atoms with E-state index in [0.717, 1.165) is 28.0 Å². The summed E-state index contributed by atoms with van der Waals surface area (Å²) in [6.07, 6.45) is 0.214. The predicted octanol–water partition coefficient (Wildman–Crippen LogP) is 4.05. The predicted molar refractivity (Wildman–Crippen MR) is 106 cm³/mol. The largest absolute Gasteiger partial charge is 0.481 e. The van der Waals surface area contributed by atoms with Crippen LogP contribution in [0.2, 0.25) is 0 Å². The molecule has 0 aliphatic heterocycles. The molecule has 1 N–H and O–H groups in total. The second kappa shape index (κ2) is 7.74. The first kappa shape index (κ1) is 18.2. The van der Waals surface area contributed by atoms with Crippen LogP contribution in [0.1, 0.15) is 26.3 Å². The number of ether oxygens (including phenoxy) is 1. The van der Waals surface area contributed by atoms with Crippen LogP contribution in [0.3, 0.4) is 0 Å². The molecule has 1 heterocycles. The van der Waals surface area contributed by atoms with Crippen molar-refractivity contribution in [1.29, 1.82) is 0 Å². The Labute approximate surface area is 156 Å². The van der Waals surface area contributed by atoms with Crippen LogP contribution in [0.4, 0.5) is 5.69 Å². The van der Waals surface area contributed by atoms with Gasteiger partial charge in [-0.1, -0.05) is 36.5 Å². The first-order chi connectivity index (χ1) is 12.5. The number of carbonyl (C=O) groups excluding carboxylic acids is 1. The summed E-state index contributed by atoms with van der Waals surface area (Å²) in [5.74, 6) is 0.504. The van der Waals surface area contributed by atoms with Crippen molar-refractivity contribution in [3.8, 4) is 5.75 Å². The molecule has 1 aromatic heterocycles. The fraction of sp³-hybridized carbons (Fsp3) is 0.300. The van der Waals surface area contributed by atoms with Gasteiger partial charge in [-0.3, -0.25) is 14.2 Å². The third-order valence-corrected chi connectivity index (χ3v) is 5.22. The SMILES string of the molecule is CCc1ccccc1O[C@@H](C)C(=O)Nc1ccc2c(c1)sc(=O)n2CC. The molecule has 0 bridgehead atoms. The first-order valence-corrected chi connectivity index (χ1v) is 9.54. The van der Waals surface area contributed by atoms with Crippen LogP contribution in [-0.4, -0.2) is 16.6 Å². The highest BCUT2D eigenvalue weighted by atomic mass is 32.1. The van der Waals surface area contributed by atoms with Crippen LogP contribution in [0, 0.1) is 0 Å². The number of nitrogens with one attached hydrogen (secondary N) is 1. The molecule has 0 aliphatic carbocycles. The molecule has 136 valence electrons. The monoisotopic (exact) mass is 370 g/mol. The van der Waals surface area contributed by atoms with Crippen LogP contribution < -0.4 is 14.9 Å². The number of carbonyl (C=O) groups is 1. The summed E-state index contributed by atoms with van der Waals surface area (Å²) in [4.78, 5) is 24.4. The van der Waals surface area contributed by atoms with Crippen LogP contribution in [0.5, 0.6) is 5.75 Å². The van der Waals surface area contributed by atoms with Crippen molar-refractivity contribution in [2.45, 2.75) is 39.8 Å². The van der Waals surface area contributed by atoms with E-state index in [-0.39, 0.29) is 10.8 Å². The van der Waals surface area contributed by atoms with Crippen LogP contribution in [0.25, 0.3) is 10.2 Å². The van der Waals surface area contributed by atoms with Gasteiger partial charge in [-0.2, -0.15) is 0 Å². The Hall–Kier alpha value is -2.60. The highest BCUT2D eigenvalue weighted by Crippen LogP contribution is 2.23. The maximum atomic E-state index is 12.5. The fourth-order valence-corrected chi connectivity index (χ4v) is 3.84. The van der Waals surface area contributed by atoms with Crippen LogP contribution >= 0.6 is 11.3 Å². The number of anilines is 1. The second-order valence-electron chi connectivity index (χ2n) is 6.01. The van der Waals surface area contributed by atoms with Gasteiger partial charge in [0.25, 0.3) is 5.91 Å². The van der Waals surface area contributed by atoms with Gasteiger partial charge in [0.05, 0.1) is 10.2 Å². The van der Waals surface area contributed by atoms with Crippen molar-refractivity contribution in [3.63, 3.8) is 0 Å². The van der Waals surface area contributed by atoms with Gasteiger partial charge < -0.3 is 10.1 Å². The average Bonchev–Trinajstić information content (AvgIpc) is 2.96. The summed E-state index contributed by atoms with van der Waals surface area (Å²) in [6, 6.07) is 13.2. The molecule has 0 spiro atoms. The summed E-state index contributed by atoms with van der Waals surface area (Å²) in [7, 11) is 0. The fourth-order valence-electron chi connectivity index (χ4n) is 2.84. The number of hydrogen-bond donors (Lipinski definition) is 1. The Morgan fingerprint density at radius 3 is 2.73 bits per heavy atom. The highest BCUT2D eigenvalue weighted by Gasteiger charge is 2.17. The van der Waals surface area contributed by atoms with E-state index in [0.29, 0.717) is 12.2 Å². The highest BCUT2D eigenvalue weighted by molar-refractivity contribution is 7.16. The number of fused-ring (bicyclic) bond motifs is 1. The lowest BCUT2D eigenvalue weighted by atomic mass is 10.1. The molecular formula is C20H22N2O3S. The molecule has 0 fully saturated rings. The molecule has 2 aromatic carbocycles. The Balaban J connectivity index is 1.74. The molecule has 0 saturated carbocycles. The van der Waals surface area contributed by atoms with Gasteiger partial charge in [0, 0.05) is 12.2 Å². The number of aryl methyl sites for hydroxylation is 2. The van der Waals surface area contributed by atoms with Crippen molar-refractivity contribution in [1.82, 2.24) is 4.57 Å². The van der Waals surface area contributed by atoms with Crippen LogP contribution in [-0.2, 0) is 17.8 Å². The molecule has 3 rings (SSSR count). The number of amides is 1. The summed E-state index contributed by atoms with van der Waals surface area (Å²) in [5, 5.41) is 2.87. The first-order valence-electron chi connectivity index (χ1n) is 8.72. The molecule has 5 nitrogen and oxygen atoms in total. The standard InChI is InChI=1S/C20H22N2O3S/c1-4-14-8-6-7-9-17(14)25-13(3)19(23)21-15-10-11-16-18(12-15)26-20(24)22(16)5-2/h6-13H,4-5H2,1-3H3,(H,21,23)/t13-/m0/s1. The van der Waals surface area contributed by atoms with Gasteiger partial charge in [0.1, 0.15) is 5.75 Å². The smallest absolute Gasteiger partial charge is 0.308 e. The summed E-state index contributed by atoms with van der Waals surface area (Å²) in [5.41, 5.74) is 2.62. The summed E-state index contributed by atoms with van der Waals surface area (Å²) < 4.78 is 8.42. The van der Waals surface area contributed by atoms with E-state index in [9.17, 15) is 9.59 Å². The van der Waals surface area contributed by atoms with Gasteiger partial charge in [-0.25, -0.2) is 0 Å². The number of nitrogens with zero attached hydrogens (tertiary/aromatic N) is 1. The molecule has 0 radical (unpaired) electrons. The molecule has 0 unspecified atom stereocenters. The Morgan fingerprint density at radius 2 is 2.00 bits per heavy atom. The third-order valence-electron chi connectivity index (χ3n) is 4.28. The van der Waals surface area contributed by atoms with E-state index in [1.54, 1.807) is 11.5 Å². The number of aromatic nitrogens is 1. The minimum atomic E-state index is -0.627. The van der Waals surface area contributed by atoms with E-state index < -0.39 is 6.10 Å². The lowest BCUT2D eigenvalue weighted by molar-refractivity contribution is -0.122. The van der Waals surface area contributed by atoms with Crippen molar-refractivity contribution >= 4 is 33.1 Å². The van der Waals surface area contributed by atoms with E-state index in [1.165, 1.54) is 11.3 Å². The number of hydrogen-bond acceptors (Lipinski definition) is 4. The maximum Gasteiger partial charge on any atom is 0.308 e. The minimum absolute atomic E-state index is 0.0128. The Kier molecular flexibility index (Phi) is 5.42. The van der Waals surface area contributed by atoms with Gasteiger partial charge in [0.15, 0.2) is 6.10 Å². The molecule has 26 heavy (non-hydrogen) atoms. The molecule has 1 atom stereocenters. The van der Waals surface area contributed by atoms with E-state index in [1.807, 2.05) is 49.4 Å². The summed E-state index contributed by atoms with van der Waals surface area (Å²) >= 11 is 1.19. The minimum Gasteiger partial charge on any atom is -0.481 e. The van der Waals surface area contributed by atoms with Crippen molar-refractivity contribution in [2.24, 2.45) is 0 Å².